The van der Waals surface area contributed by atoms with E-state index in [0.29, 0.717) is 10.7 Å². The van der Waals surface area contributed by atoms with Crippen LogP contribution in [0.2, 0.25) is 5.02 Å². The summed E-state index contributed by atoms with van der Waals surface area (Å²) in [6.07, 6.45) is 1.58. The first-order valence-corrected chi connectivity index (χ1v) is 10.0. The molecule has 1 fully saturated rings. The predicted molar refractivity (Wildman–Crippen MR) is 124 cm³/mol. The van der Waals surface area contributed by atoms with E-state index in [0.717, 1.165) is 22.3 Å². The summed E-state index contributed by atoms with van der Waals surface area (Å²) in [6, 6.07) is 22.5. The second kappa shape index (κ2) is 8.22. The second-order valence-corrected chi connectivity index (χ2v) is 7.75. The summed E-state index contributed by atoms with van der Waals surface area (Å²) in [4.78, 5) is 26.9. The number of thiocarbonyl (C=S) groups is 1. The van der Waals surface area contributed by atoms with E-state index in [1.165, 1.54) is 4.90 Å². The molecule has 1 N–H and O–H groups in total. The van der Waals surface area contributed by atoms with Crippen LogP contribution in [0.25, 0.3) is 17.2 Å². The van der Waals surface area contributed by atoms with Gasteiger partial charge < -0.3 is 0 Å². The summed E-state index contributed by atoms with van der Waals surface area (Å²) in [7, 11) is 0. The van der Waals surface area contributed by atoms with E-state index >= 15 is 0 Å². The predicted octanol–water partition coefficient (Wildman–Crippen LogP) is 5.15. The van der Waals surface area contributed by atoms with E-state index < -0.39 is 11.8 Å². The fourth-order valence-electron chi connectivity index (χ4n) is 3.28. The number of hydrogen-bond donors (Lipinski definition) is 1. The molecule has 3 aromatic carbocycles. The summed E-state index contributed by atoms with van der Waals surface area (Å²) >= 11 is 11.2. The average molecular weight is 433 g/mol. The van der Waals surface area contributed by atoms with Gasteiger partial charge in [-0.15, -0.1) is 0 Å². The minimum absolute atomic E-state index is 0.0138. The Morgan fingerprint density at radius 1 is 0.933 bits per heavy atom. The lowest BCUT2D eigenvalue weighted by atomic mass is 10.00. The average Bonchev–Trinajstić information content (AvgIpc) is 2.73. The summed E-state index contributed by atoms with van der Waals surface area (Å²) in [5.74, 6) is -0.997. The minimum Gasteiger partial charge on any atom is -0.298 e. The second-order valence-electron chi connectivity index (χ2n) is 6.93. The number of hydrogen-bond acceptors (Lipinski definition) is 3. The first kappa shape index (κ1) is 20.0. The zero-order valence-electron chi connectivity index (χ0n) is 16.1. The molecule has 2 amide bonds. The van der Waals surface area contributed by atoms with Gasteiger partial charge in [-0.05, 0) is 72.2 Å². The van der Waals surface area contributed by atoms with Crippen molar-refractivity contribution in [2.75, 3.05) is 4.90 Å². The Bertz CT molecular complexity index is 1200. The van der Waals surface area contributed by atoms with Gasteiger partial charge in [0.25, 0.3) is 11.8 Å². The molecule has 1 aliphatic heterocycles. The topological polar surface area (TPSA) is 49.4 Å². The highest BCUT2D eigenvalue weighted by Gasteiger charge is 2.34. The van der Waals surface area contributed by atoms with Crippen molar-refractivity contribution in [1.82, 2.24) is 5.32 Å². The fraction of sp³-hybridized carbons (Fsp3) is 0.0417. The Morgan fingerprint density at radius 2 is 1.60 bits per heavy atom. The zero-order chi connectivity index (χ0) is 21.3. The molecule has 0 atom stereocenters. The Labute approximate surface area is 184 Å². The lowest BCUT2D eigenvalue weighted by Crippen LogP contribution is -2.54. The van der Waals surface area contributed by atoms with Crippen molar-refractivity contribution in [2.45, 2.75) is 6.92 Å². The number of rotatable bonds is 3. The molecule has 1 heterocycles. The van der Waals surface area contributed by atoms with Crippen LogP contribution in [0.4, 0.5) is 5.69 Å². The molecule has 0 aliphatic carbocycles. The van der Waals surface area contributed by atoms with E-state index in [1.807, 2.05) is 49.4 Å². The van der Waals surface area contributed by atoms with Crippen molar-refractivity contribution in [2.24, 2.45) is 0 Å². The maximum Gasteiger partial charge on any atom is 0.270 e. The van der Waals surface area contributed by atoms with Crippen molar-refractivity contribution in [3.8, 4) is 11.1 Å². The van der Waals surface area contributed by atoms with Gasteiger partial charge in [-0.2, -0.15) is 0 Å². The summed E-state index contributed by atoms with van der Waals surface area (Å²) < 4.78 is 0. The molecular formula is C24H17ClN2O2S. The molecule has 3 aromatic rings. The first-order chi connectivity index (χ1) is 14.4. The third-order valence-electron chi connectivity index (χ3n) is 4.74. The SMILES string of the molecule is Cc1cccc(-c2cccc(C=C3C(=O)NC(=S)N(c4ccc(Cl)cc4)C3=O)c2)c1. The van der Waals surface area contributed by atoms with E-state index in [4.69, 9.17) is 23.8 Å². The molecule has 1 saturated heterocycles. The maximum atomic E-state index is 13.1. The number of carbonyl (C=O) groups is 2. The molecule has 148 valence electrons. The number of benzene rings is 3. The summed E-state index contributed by atoms with van der Waals surface area (Å²) in [5, 5.41) is 3.18. The number of anilines is 1. The highest BCUT2D eigenvalue weighted by molar-refractivity contribution is 7.80. The number of carbonyl (C=O) groups excluding carboxylic acids is 2. The standard InChI is InChI=1S/C24H17ClN2O2S/c1-15-4-2-6-17(12-15)18-7-3-5-16(13-18)14-21-22(28)26-24(30)27(23(21)29)20-10-8-19(25)9-11-20/h2-14H,1H3,(H,26,28,30). The minimum atomic E-state index is -0.517. The van der Waals surface area contributed by atoms with Gasteiger partial charge >= 0.3 is 0 Å². The lowest BCUT2D eigenvalue weighted by molar-refractivity contribution is -0.122. The fourth-order valence-corrected chi connectivity index (χ4v) is 3.69. The van der Waals surface area contributed by atoms with Crippen molar-refractivity contribution in [1.29, 1.82) is 0 Å². The maximum absolute atomic E-state index is 13.1. The molecule has 0 bridgehead atoms. The van der Waals surface area contributed by atoms with Crippen LogP contribution >= 0.6 is 23.8 Å². The number of nitrogens with one attached hydrogen (secondary N) is 1. The van der Waals surface area contributed by atoms with E-state index in [9.17, 15) is 9.59 Å². The molecule has 6 heteroatoms. The van der Waals surface area contributed by atoms with Crippen LogP contribution in [0.5, 0.6) is 0 Å². The monoisotopic (exact) mass is 432 g/mol. The van der Waals surface area contributed by atoms with Gasteiger partial charge in [-0.1, -0.05) is 59.6 Å². The van der Waals surface area contributed by atoms with Crippen LogP contribution in [-0.2, 0) is 9.59 Å². The third kappa shape index (κ3) is 4.03. The lowest BCUT2D eigenvalue weighted by Gasteiger charge is -2.29. The van der Waals surface area contributed by atoms with Gasteiger partial charge in [0.15, 0.2) is 5.11 Å². The molecule has 1 aliphatic rings. The van der Waals surface area contributed by atoms with Gasteiger partial charge in [-0.3, -0.25) is 19.8 Å². The number of nitrogens with zero attached hydrogens (tertiary/aromatic N) is 1. The van der Waals surface area contributed by atoms with Gasteiger partial charge in [0.1, 0.15) is 5.57 Å². The van der Waals surface area contributed by atoms with E-state index in [1.54, 1.807) is 30.3 Å². The van der Waals surface area contributed by atoms with Crippen LogP contribution < -0.4 is 10.2 Å². The molecular weight excluding hydrogens is 416 g/mol. The van der Waals surface area contributed by atoms with Gasteiger partial charge in [0, 0.05) is 5.02 Å². The summed E-state index contributed by atoms with van der Waals surface area (Å²) in [5.41, 5.74) is 4.52. The van der Waals surface area contributed by atoms with E-state index in [-0.39, 0.29) is 10.7 Å². The molecule has 0 unspecified atom stereocenters. The Balaban J connectivity index is 1.71. The van der Waals surface area contributed by atoms with Crippen molar-refractivity contribution >= 4 is 52.5 Å². The van der Waals surface area contributed by atoms with Crippen LogP contribution in [0, 0.1) is 6.92 Å². The highest BCUT2D eigenvalue weighted by atomic mass is 35.5. The highest BCUT2D eigenvalue weighted by Crippen LogP contribution is 2.26. The molecule has 0 saturated carbocycles. The van der Waals surface area contributed by atoms with E-state index in [2.05, 4.69) is 11.4 Å². The summed E-state index contributed by atoms with van der Waals surface area (Å²) in [6.45, 7) is 2.04. The largest absolute Gasteiger partial charge is 0.298 e. The molecule has 0 radical (unpaired) electrons. The molecule has 4 rings (SSSR count). The van der Waals surface area contributed by atoms with Crippen molar-refractivity contribution < 1.29 is 9.59 Å². The smallest absolute Gasteiger partial charge is 0.270 e. The first-order valence-electron chi connectivity index (χ1n) is 9.26. The van der Waals surface area contributed by atoms with Crippen molar-refractivity contribution in [3.05, 3.63) is 94.5 Å². The molecule has 0 spiro atoms. The molecule has 4 nitrogen and oxygen atoms in total. The van der Waals surface area contributed by atoms with Crippen molar-refractivity contribution in [3.63, 3.8) is 0 Å². The normalized spacial score (nSPS) is 15.5. The van der Waals surface area contributed by atoms with Crippen LogP contribution in [-0.4, -0.2) is 16.9 Å². The van der Waals surface area contributed by atoms with Gasteiger partial charge in [0.2, 0.25) is 0 Å². The van der Waals surface area contributed by atoms with Crippen LogP contribution in [0.15, 0.2) is 78.4 Å². The number of amides is 2. The Morgan fingerprint density at radius 3 is 2.30 bits per heavy atom. The van der Waals surface area contributed by atoms with Gasteiger partial charge in [0.05, 0.1) is 5.69 Å². The molecule has 0 aromatic heterocycles. The van der Waals surface area contributed by atoms with Crippen LogP contribution in [0.3, 0.4) is 0 Å². The van der Waals surface area contributed by atoms with Gasteiger partial charge in [-0.25, -0.2) is 0 Å². The number of aryl methyl sites for hydroxylation is 1. The third-order valence-corrected chi connectivity index (χ3v) is 5.27. The quantitative estimate of drug-likeness (QED) is 0.354. The molecule has 30 heavy (non-hydrogen) atoms. The zero-order valence-corrected chi connectivity index (χ0v) is 17.6. The Hall–Kier alpha value is -3.28. The van der Waals surface area contributed by atoms with Crippen LogP contribution in [0.1, 0.15) is 11.1 Å². The number of halogens is 1. The Kier molecular flexibility index (Phi) is 5.48.